The van der Waals surface area contributed by atoms with Crippen LogP contribution in [0.5, 0.6) is 0 Å². The fourth-order valence-corrected chi connectivity index (χ4v) is 1.96. The van der Waals surface area contributed by atoms with Gasteiger partial charge in [-0.15, -0.1) is 0 Å². The second-order valence-electron chi connectivity index (χ2n) is 4.01. The molecule has 14 heavy (non-hydrogen) atoms. The van der Waals surface area contributed by atoms with Crippen LogP contribution in [-0.4, -0.2) is 22.4 Å². The largest absolute Gasteiger partial charge is 0.389 e. The Labute approximate surface area is 83.3 Å². The van der Waals surface area contributed by atoms with Crippen molar-refractivity contribution in [1.82, 2.24) is 10.5 Å². The topological polar surface area (TPSA) is 58.3 Å². The van der Waals surface area contributed by atoms with E-state index in [1.54, 1.807) is 6.20 Å². The van der Waals surface area contributed by atoms with Crippen molar-refractivity contribution in [1.29, 1.82) is 0 Å². The lowest BCUT2D eigenvalue weighted by Crippen LogP contribution is -2.37. The van der Waals surface area contributed by atoms with E-state index in [-0.39, 0.29) is 0 Å². The molecule has 0 saturated heterocycles. The molecule has 78 valence electrons. The first-order chi connectivity index (χ1) is 6.79. The van der Waals surface area contributed by atoms with E-state index in [0.29, 0.717) is 13.1 Å². The Morgan fingerprint density at radius 3 is 2.93 bits per heavy atom. The summed E-state index contributed by atoms with van der Waals surface area (Å²) in [7, 11) is 0. The highest BCUT2D eigenvalue weighted by atomic mass is 16.5. The maximum atomic E-state index is 10.0. The van der Waals surface area contributed by atoms with Gasteiger partial charge in [0.2, 0.25) is 0 Å². The first-order valence-corrected chi connectivity index (χ1v) is 5.11. The van der Waals surface area contributed by atoms with Crippen molar-refractivity contribution < 1.29 is 9.63 Å². The lowest BCUT2D eigenvalue weighted by atomic mass is 10.0. The van der Waals surface area contributed by atoms with Gasteiger partial charge in [0.05, 0.1) is 18.3 Å². The summed E-state index contributed by atoms with van der Waals surface area (Å²) in [6.45, 7) is 1.29. The molecule has 0 aromatic carbocycles. The summed E-state index contributed by atoms with van der Waals surface area (Å²) in [5.41, 5.74) is -0.486. The Morgan fingerprint density at radius 1 is 1.50 bits per heavy atom. The molecular weight excluding hydrogens is 180 g/mol. The molecule has 0 atom stereocenters. The van der Waals surface area contributed by atoms with Gasteiger partial charge in [-0.3, -0.25) is 0 Å². The summed E-state index contributed by atoms with van der Waals surface area (Å²) in [6, 6.07) is 1.83. The summed E-state index contributed by atoms with van der Waals surface area (Å²) in [5, 5.41) is 16.8. The standard InChI is InChI=1S/C10H16N2O2/c13-10(4-1-2-5-10)8-11-7-9-3-6-12-14-9/h3,6,11,13H,1-2,4-5,7-8H2. The van der Waals surface area contributed by atoms with Crippen LogP contribution in [0.1, 0.15) is 31.4 Å². The summed E-state index contributed by atoms with van der Waals surface area (Å²) >= 11 is 0. The minimum atomic E-state index is -0.486. The number of hydrogen-bond acceptors (Lipinski definition) is 4. The SMILES string of the molecule is OC1(CNCc2ccno2)CCCC1. The van der Waals surface area contributed by atoms with Crippen LogP contribution in [0, 0.1) is 0 Å². The molecule has 4 heteroatoms. The van der Waals surface area contributed by atoms with Crippen molar-refractivity contribution in [2.24, 2.45) is 0 Å². The van der Waals surface area contributed by atoms with E-state index in [1.807, 2.05) is 6.07 Å². The zero-order valence-corrected chi connectivity index (χ0v) is 8.20. The van der Waals surface area contributed by atoms with Gasteiger partial charge in [-0.2, -0.15) is 0 Å². The molecule has 0 aliphatic heterocycles. The van der Waals surface area contributed by atoms with E-state index in [2.05, 4.69) is 10.5 Å². The molecule has 0 amide bonds. The molecule has 1 aromatic rings. The first kappa shape index (κ1) is 9.68. The number of hydrogen-bond donors (Lipinski definition) is 2. The van der Waals surface area contributed by atoms with E-state index in [0.717, 1.165) is 31.4 Å². The van der Waals surface area contributed by atoms with E-state index < -0.39 is 5.60 Å². The Hall–Kier alpha value is -0.870. The maximum absolute atomic E-state index is 10.0. The van der Waals surface area contributed by atoms with Crippen molar-refractivity contribution in [2.75, 3.05) is 6.54 Å². The monoisotopic (exact) mass is 196 g/mol. The summed E-state index contributed by atoms with van der Waals surface area (Å²) in [4.78, 5) is 0. The minimum absolute atomic E-state index is 0.486. The summed E-state index contributed by atoms with van der Waals surface area (Å²) < 4.78 is 4.94. The molecule has 1 saturated carbocycles. The molecule has 0 spiro atoms. The van der Waals surface area contributed by atoms with Crippen LogP contribution >= 0.6 is 0 Å². The molecule has 1 aromatic heterocycles. The molecule has 0 bridgehead atoms. The third-order valence-corrected chi connectivity index (χ3v) is 2.78. The highest BCUT2D eigenvalue weighted by Crippen LogP contribution is 2.28. The third kappa shape index (κ3) is 2.33. The van der Waals surface area contributed by atoms with Gasteiger partial charge in [0.25, 0.3) is 0 Å². The van der Waals surface area contributed by atoms with Gasteiger partial charge in [-0.25, -0.2) is 0 Å². The Morgan fingerprint density at radius 2 is 2.29 bits per heavy atom. The molecule has 1 aliphatic rings. The van der Waals surface area contributed by atoms with Crippen LogP contribution < -0.4 is 5.32 Å². The van der Waals surface area contributed by atoms with Crippen LogP contribution in [0.2, 0.25) is 0 Å². The van der Waals surface area contributed by atoms with Crippen LogP contribution in [0.3, 0.4) is 0 Å². The van der Waals surface area contributed by atoms with Crippen LogP contribution in [-0.2, 0) is 6.54 Å². The van der Waals surface area contributed by atoms with E-state index in [4.69, 9.17) is 4.52 Å². The van der Waals surface area contributed by atoms with E-state index in [1.165, 1.54) is 0 Å². The quantitative estimate of drug-likeness (QED) is 0.756. The smallest absolute Gasteiger partial charge is 0.150 e. The van der Waals surface area contributed by atoms with Gasteiger partial charge in [-0.1, -0.05) is 18.0 Å². The predicted octanol–water partition coefficient (Wildman–Crippen LogP) is 1.07. The normalized spacial score (nSPS) is 20.1. The third-order valence-electron chi connectivity index (χ3n) is 2.78. The van der Waals surface area contributed by atoms with Crippen LogP contribution in [0.4, 0.5) is 0 Å². The average Bonchev–Trinajstić information content (AvgIpc) is 2.77. The molecule has 0 radical (unpaired) electrons. The van der Waals surface area contributed by atoms with Crippen molar-refractivity contribution in [3.63, 3.8) is 0 Å². The number of rotatable bonds is 4. The molecule has 0 unspecified atom stereocenters. The fourth-order valence-electron chi connectivity index (χ4n) is 1.96. The molecule has 2 rings (SSSR count). The van der Waals surface area contributed by atoms with E-state index >= 15 is 0 Å². The fraction of sp³-hybridized carbons (Fsp3) is 0.700. The molecule has 1 heterocycles. The number of aliphatic hydroxyl groups is 1. The Bertz CT molecular complexity index is 266. The van der Waals surface area contributed by atoms with Gasteiger partial charge in [0.15, 0.2) is 0 Å². The van der Waals surface area contributed by atoms with Crippen molar-refractivity contribution in [3.8, 4) is 0 Å². The summed E-state index contributed by atoms with van der Waals surface area (Å²) in [6.07, 6.45) is 5.73. The van der Waals surface area contributed by atoms with Gasteiger partial charge in [0.1, 0.15) is 5.76 Å². The first-order valence-electron chi connectivity index (χ1n) is 5.11. The minimum Gasteiger partial charge on any atom is -0.389 e. The molecule has 2 N–H and O–H groups in total. The number of nitrogens with zero attached hydrogens (tertiary/aromatic N) is 1. The molecular formula is C10H16N2O2. The zero-order valence-electron chi connectivity index (χ0n) is 8.20. The highest BCUT2D eigenvalue weighted by molar-refractivity contribution is 4.93. The number of nitrogens with one attached hydrogen (secondary N) is 1. The van der Waals surface area contributed by atoms with Crippen molar-refractivity contribution in [3.05, 3.63) is 18.0 Å². The Kier molecular flexibility index (Phi) is 2.84. The highest BCUT2D eigenvalue weighted by Gasteiger charge is 2.30. The van der Waals surface area contributed by atoms with Gasteiger partial charge >= 0.3 is 0 Å². The maximum Gasteiger partial charge on any atom is 0.150 e. The lowest BCUT2D eigenvalue weighted by Gasteiger charge is -2.21. The summed E-state index contributed by atoms with van der Waals surface area (Å²) in [5.74, 6) is 0.812. The van der Waals surface area contributed by atoms with Gasteiger partial charge in [0, 0.05) is 12.6 Å². The van der Waals surface area contributed by atoms with Crippen LogP contribution in [0.25, 0.3) is 0 Å². The lowest BCUT2D eigenvalue weighted by molar-refractivity contribution is 0.0469. The van der Waals surface area contributed by atoms with Crippen molar-refractivity contribution >= 4 is 0 Å². The van der Waals surface area contributed by atoms with Crippen molar-refractivity contribution in [2.45, 2.75) is 37.8 Å². The number of aromatic nitrogens is 1. The average molecular weight is 196 g/mol. The van der Waals surface area contributed by atoms with E-state index in [9.17, 15) is 5.11 Å². The van der Waals surface area contributed by atoms with Crippen LogP contribution in [0.15, 0.2) is 16.8 Å². The molecule has 4 nitrogen and oxygen atoms in total. The second kappa shape index (κ2) is 4.11. The second-order valence-corrected chi connectivity index (χ2v) is 4.01. The van der Waals surface area contributed by atoms with Gasteiger partial charge < -0.3 is 14.9 Å². The molecule has 1 fully saturated rings. The predicted molar refractivity (Wildman–Crippen MR) is 51.6 cm³/mol. The zero-order chi connectivity index (χ0) is 9.86. The molecule has 1 aliphatic carbocycles. The van der Waals surface area contributed by atoms with Gasteiger partial charge in [-0.05, 0) is 12.8 Å². The Balaban J connectivity index is 1.72.